The van der Waals surface area contributed by atoms with Gasteiger partial charge in [-0.25, -0.2) is 4.98 Å². The van der Waals surface area contributed by atoms with Gasteiger partial charge in [0.25, 0.3) is 5.56 Å². The normalized spacial score (nSPS) is 18.2. The zero-order chi connectivity index (χ0) is 20.0. The van der Waals surface area contributed by atoms with E-state index in [-0.39, 0.29) is 28.6 Å². The van der Waals surface area contributed by atoms with E-state index >= 15 is 0 Å². The molecule has 0 bridgehead atoms. The molecule has 27 heavy (non-hydrogen) atoms. The van der Waals surface area contributed by atoms with E-state index < -0.39 is 0 Å². The number of carbonyl (C=O) groups excluding carboxylic acids is 2. The van der Waals surface area contributed by atoms with E-state index in [1.54, 1.807) is 25.8 Å². The summed E-state index contributed by atoms with van der Waals surface area (Å²) in [5, 5.41) is 0.224. The number of amides is 1. The highest BCUT2D eigenvalue weighted by Gasteiger charge is 2.33. The Labute approximate surface area is 164 Å². The second-order valence-electron chi connectivity index (χ2n) is 6.85. The van der Waals surface area contributed by atoms with Crippen LogP contribution in [0.4, 0.5) is 0 Å². The smallest absolute Gasteiger partial charge is 0.310 e. The molecule has 0 spiro atoms. The molecule has 2 unspecified atom stereocenters. The van der Waals surface area contributed by atoms with Gasteiger partial charge < -0.3 is 9.64 Å². The lowest BCUT2D eigenvalue weighted by Crippen LogP contribution is -2.46. The molecule has 1 aromatic heterocycles. The number of likely N-dealkylation sites (tertiary alicyclic amines) is 1. The summed E-state index contributed by atoms with van der Waals surface area (Å²) in [6.07, 6.45) is 3.08. The Hall–Kier alpha value is -1.83. The van der Waals surface area contributed by atoms with E-state index in [0.717, 1.165) is 19.3 Å². The Morgan fingerprint density at radius 2 is 2.15 bits per heavy atom. The summed E-state index contributed by atoms with van der Waals surface area (Å²) >= 11 is 1.33. The molecule has 2 atom stereocenters. The maximum atomic E-state index is 13.1. The number of piperidine rings is 1. The predicted molar refractivity (Wildman–Crippen MR) is 105 cm³/mol. The maximum absolute atomic E-state index is 13.1. The van der Waals surface area contributed by atoms with E-state index in [4.69, 9.17) is 4.74 Å². The molecule has 1 aliphatic heterocycles. The molecule has 150 valence electrons. The van der Waals surface area contributed by atoms with Gasteiger partial charge in [0.2, 0.25) is 5.91 Å². The third-order valence-corrected chi connectivity index (χ3v) is 5.95. The number of ether oxygens (including phenoxy) is 1. The van der Waals surface area contributed by atoms with Crippen LogP contribution < -0.4 is 5.56 Å². The molecule has 0 N–H and O–H groups in total. The lowest BCUT2D eigenvalue weighted by atomic mass is 9.97. The minimum absolute atomic E-state index is 0.00611. The van der Waals surface area contributed by atoms with Crippen molar-refractivity contribution >= 4 is 23.6 Å². The number of esters is 1. The number of carbonyl (C=O) groups is 2. The van der Waals surface area contributed by atoms with E-state index in [1.807, 2.05) is 6.92 Å². The van der Waals surface area contributed by atoms with Gasteiger partial charge in [0.1, 0.15) is 0 Å². The number of rotatable bonds is 7. The lowest BCUT2D eigenvalue weighted by molar-refractivity contribution is -0.151. The van der Waals surface area contributed by atoms with Crippen molar-refractivity contribution in [1.82, 2.24) is 14.5 Å². The number of hydrogen-bond donors (Lipinski definition) is 0. The van der Waals surface area contributed by atoms with Crippen LogP contribution in [0.15, 0.2) is 16.0 Å². The van der Waals surface area contributed by atoms with E-state index in [0.29, 0.717) is 37.0 Å². The first-order valence-corrected chi connectivity index (χ1v) is 10.4. The number of thioether (sulfide) groups is 1. The summed E-state index contributed by atoms with van der Waals surface area (Å²) in [4.78, 5) is 43.4. The Kier molecular flexibility index (Phi) is 7.89. The average Bonchev–Trinajstić information content (AvgIpc) is 2.65. The molecule has 1 saturated heterocycles. The molecule has 1 fully saturated rings. The van der Waals surface area contributed by atoms with Crippen LogP contribution in [0.1, 0.15) is 45.2 Å². The third-order valence-electron chi connectivity index (χ3n) is 4.65. The van der Waals surface area contributed by atoms with E-state index in [9.17, 15) is 14.4 Å². The molecule has 0 aromatic carbocycles. The van der Waals surface area contributed by atoms with Crippen molar-refractivity contribution < 1.29 is 14.3 Å². The molecule has 0 saturated carbocycles. The second kappa shape index (κ2) is 9.92. The van der Waals surface area contributed by atoms with Crippen molar-refractivity contribution in [2.24, 2.45) is 13.0 Å². The zero-order valence-corrected chi connectivity index (χ0v) is 17.4. The molecule has 0 radical (unpaired) electrons. The molecular formula is C19H29N3O4S. The largest absolute Gasteiger partial charge is 0.466 e. The Balaban J connectivity index is 2.15. The molecule has 1 amide bonds. The molecule has 7 nitrogen and oxygen atoms in total. The molecule has 2 rings (SSSR count). The maximum Gasteiger partial charge on any atom is 0.310 e. The summed E-state index contributed by atoms with van der Waals surface area (Å²) in [6, 6.07) is 1.48. The molecule has 1 aromatic rings. The van der Waals surface area contributed by atoms with E-state index in [1.165, 1.54) is 22.4 Å². The topological polar surface area (TPSA) is 81.5 Å². The van der Waals surface area contributed by atoms with Gasteiger partial charge in [0.05, 0.1) is 17.8 Å². The number of hydrogen-bond acceptors (Lipinski definition) is 6. The van der Waals surface area contributed by atoms with Crippen molar-refractivity contribution in [2.75, 3.05) is 19.7 Å². The van der Waals surface area contributed by atoms with Crippen LogP contribution in [0, 0.1) is 12.8 Å². The lowest BCUT2D eigenvalue weighted by Gasteiger charge is -2.33. The van der Waals surface area contributed by atoms with Crippen LogP contribution in [-0.4, -0.2) is 51.3 Å². The SMILES string of the molecule is CCCC(Sc1nc(C)cc(=O)n1C)C(=O)N1CCCC(C(=O)OCC)C1. The molecule has 8 heteroatoms. The van der Waals surface area contributed by atoms with Gasteiger partial charge in [-0.2, -0.15) is 0 Å². The second-order valence-corrected chi connectivity index (χ2v) is 8.02. The summed E-state index contributed by atoms with van der Waals surface area (Å²) in [5.74, 6) is -0.472. The van der Waals surface area contributed by atoms with Crippen molar-refractivity contribution in [2.45, 2.75) is 56.9 Å². The van der Waals surface area contributed by atoms with Crippen LogP contribution >= 0.6 is 11.8 Å². The molecule has 1 aliphatic rings. The van der Waals surface area contributed by atoms with Crippen LogP contribution in [0.3, 0.4) is 0 Å². The number of aryl methyl sites for hydroxylation is 1. The Bertz CT molecular complexity index is 734. The highest BCUT2D eigenvalue weighted by Crippen LogP contribution is 2.28. The number of aromatic nitrogens is 2. The predicted octanol–water partition coefficient (Wildman–Crippen LogP) is 2.15. The highest BCUT2D eigenvalue weighted by atomic mass is 32.2. The quantitative estimate of drug-likeness (QED) is 0.400. The van der Waals surface area contributed by atoms with Gasteiger partial charge in [0, 0.05) is 31.9 Å². The Morgan fingerprint density at radius 3 is 2.81 bits per heavy atom. The van der Waals surface area contributed by atoms with Gasteiger partial charge >= 0.3 is 5.97 Å². The highest BCUT2D eigenvalue weighted by molar-refractivity contribution is 8.00. The fourth-order valence-corrected chi connectivity index (χ4v) is 4.49. The molecule has 0 aliphatic carbocycles. The Morgan fingerprint density at radius 1 is 1.41 bits per heavy atom. The van der Waals surface area contributed by atoms with Gasteiger partial charge in [-0.1, -0.05) is 25.1 Å². The van der Waals surface area contributed by atoms with Crippen LogP contribution in [0.5, 0.6) is 0 Å². The standard InChI is InChI=1S/C19H29N3O4S/c1-5-8-15(27-19-20-13(3)11-16(23)21(19)4)17(24)22-10-7-9-14(12-22)18(25)26-6-2/h11,14-15H,5-10,12H2,1-4H3. The third kappa shape index (κ3) is 5.57. The van der Waals surface area contributed by atoms with Crippen LogP contribution in [0.2, 0.25) is 0 Å². The van der Waals surface area contributed by atoms with Gasteiger partial charge in [-0.05, 0) is 33.1 Å². The van der Waals surface area contributed by atoms with Gasteiger partial charge in [-0.3, -0.25) is 19.0 Å². The minimum atomic E-state index is -0.323. The van der Waals surface area contributed by atoms with Crippen LogP contribution in [-0.2, 0) is 21.4 Å². The van der Waals surface area contributed by atoms with Crippen molar-refractivity contribution in [1.29, 1.82) is 0 Å². The van der Waals surface area contributed by atoms with Crippen molar-refractivity contribution in [3.63, 3.8) is 0 Å². The molecule has 2 heterocycles. The first-order valence-electron chi connectivity index (χ1n) is 9.54. The average molecular weight is 396 g/mol. The van der Waals surface area contributed by atoms with Crippen molar-refractivity contribution in [3.05, 3.63) is 22.1 Å². The summed E-state index contributed by atoms with van der Waals surface area (Å²) in [6.45, 7) is 6.99. The zero-order valence-electron chi connectivity index (χ0n) is 16.6. The fourth-order valence-electron chi connectivity index (χ4n) is 3.19. The van der Waals surface area contributed by atoms with Gasteiger partial charge in [0.15, 0.2) is 5.16 Å². The van der Waals surface area contributed by atoms with Crippen molar-refractivity contribution in [3.8, 4) is 0 Å². The van der Waals surface area contributed by atoms with E-state index in [2.05, 4.69) is 4.98 Å². The number of nitrogens with zero attached hydrogens (tertiary/aromatic N) is 3. The van der Waals surface area contributed by atoms with Gasteiger partial charge in [-0.15, -0.1) is 0 Å². The first kappa shape index (κ1) is 21.5. The first-order chi connectivity index (χ1) is 12.9. The van der Waals surface area contributed by atoms with Crippen LogP contribution in [0.25, 0.3) is 0 Å². The summed E-state index contributed by atoms with van der Waals surface area (Å²) < 4.78 is 6.60. The summed E-state index contributed by atoms with van der Waals surface area (Å²) in [5.41, 5.74) is 0.511. The molecular weight excluding hydrogens is 366 g/mol. The fraction of sp³-hybridized carbons (Fsp3) is 0.684. The minimum Gasteiger partial charge on any atom is -0.466 e. The summed E-state index contributed by atoms with van der Waals surface area (Å²) in [7, 11) is 1.67. The monoisotopic (exact) mass is 395 g/mol.